The molecule has 0 radical (unpaired) electrons. The highest BCUT2D eigenvalue weighted by Crippen LogP contribution is 2.58. The van der Waals surface area contributed by atoms with Crippen molar-refractivity contribution >= 4 is 17.8 Å². The monoisotopic (exact) mass is 488 g/mol. The minimum Gasteiger partial charge on any atom is -0.461 e. The maximum Gasteiger partial charge on any atom is 0.313 e. The fourth-order valence-corrected chi connectivity index (χ4v) is 6.38. The summed E-state index contributed by atoms with van der Waals surface area (Å²) in [6.07, 6.45) is 14.2. The van der Waals surface area contributed by atoms with Crippen molar-refractivity contribution in [2.45, 2.75) is 82.5 Å². The van der Waals surface area contributed by atoms with Crippen molar-refractivity contribution < 1.29 is 29.0 Å². The van der Waals surface area contributed by atoms with Crippen LogP contribution in [0.15, 0.2) is 24.3 Å². The molecular weight excluding hydrogens is 448 g/mol. The number of aliphatic hydroxyl groups is 1. The summed E-state index contributed by atoms with van der Waals surface area (Å²) in [4.78, 5) is 44.8. The topological polar surface area (TPSA) is 96.4 Å². The molecule has 8 heteroatoms. The molecule has 1 N–H and O–H groups in total. The molecule has 0 saturated carbocycles. The van der Waals surface area contributed by atoms with Crippen molar-refractivity contribution in [3.8, 4) is 0 Å². The Bertz CT molecular complexity index is 872. The number of nitrogens with zero attached hydrogens (tertiary/aromatic N) is 2. The van der Waals surface area contributed by atoms with E-state index in [0.29, 0.717) is 26.1 Å². The first-order chi connectivity index (χ1) is 17.0. The normalized spacial score (nSPS) is 33.9. The van der Waals surface area contributed by atoms with Crippen LogP contribution in [-0.4, -0.2) is 82.8 Å². The first kappa shape index (κ1) is 25.9. The first-order valence-corrected chi connectivity index (χ1v) is 13.4. The van der Waals surface area contributed by atoms with Gasteiger partial charge in [0.25, 0.3) is 0 Å². The van der Waals surface area contributed by atoms with Crippen molar-refractivity contribution in [1.29, 1.82) is 0 Å². The number of cyclic esters (lactones) is 1. The molecule has 2 fully saturated rings. The van der Waals surface area contributed by atoms with Crippen LogP contribution in [0.4, 0.5) is 0 Å². The Morgan fingerprint density at radius 1 is 0.943 bits per heavy atom. The standard InChI is InChI=1S/C27H40N2O6/c1-3-5-8-15-28-16-11-14-27-20(21-25(33)34-19-12-13-26(21,4-2)35-27)23(31)29(22(27)24(28)32)17-9-6-7-10-18-30/h11-14,20-22,30H,3-10,15-19H2,1-2H3/t20-,21+,22?,26-,27-/m0/s1. The quantitative estimate of drug-likeness (QED) is 0.273. The third kappa shape index (κ3) is 4.44. The lowest BCUT2D eigenvalue weighted by atomic mass is 9.73. The van der Waals surface area contributed by atoms with Crippen molar-refractivity contribution in [2.24, 2.45) is 11.8 Å². The molecule has 1 spiro atoms. The number of likely N-dealkylation sites (tertiary alicyclic amines) is 1. The predicted octanol–water partition coefficient (Wildman–Crippen LogP) is 2.60. The van der Waals surface area contributed by atoms with E-state index in [1.54, 1.807) is 11.0 Å². The van der Waals surface area contributed by atoms with E-state index in [0.717, 1.165) is 44.9 Å². The van der Waals surface area contributed by atoms with Crippen LogP contribution in [0, 0.1) is 11.8 Å². The minimum atomic E-state index is -1.19. The number of esters is 1. The summed E-state index contributed by atoms with van der Waals surface area (Å²) in [5.41, 5.74) is -2.17. The van der Waals surface area contributed by atoms with Gasteiger partial charge in [-0.3, -0.25) is 14.4 Å². The highest BCUT2D eigenvalue weighted by Gasteiger charge is 2.75. The molecule has 2 amide bonds. The first-order valence-electron chi connectivity index (χ1n) is 13.4. The molecule has 8 nitrogen and oxygen atoms in total. The number of amides is 2. The summed E-state index contributed by atoms with van der Waals surface area (Å²) < 4.78 is 12.3. The lowest BCUT2D eigenvalue weighted by Crippen LogP contribution is -2.56. The zero-order chi connectivity index (χ0) is 25.1. The number of aliphatic hydroxyl groups excluding tert-OH is 1. The van der Waals surface area contributed by atoms with Gasteiger partial charge >= 0.3 is 5.97 Å². The third-order valence-corrected chi connectivity index (χ3v) is 8.12. The number of hydrogen-bond donors (Lipinski definition) is 1. The molecule has 35 heavy (non-hydrogen) atoms. The molecule has 4 heterocycles. The van der Waals surface area contributed by atoms with Crippen molar-refractivity contribution in [3.05, 3.63) is 24.3 Å². The van der Waals surface area contributed by atoms with Gasteiger partial charge in [-0.1, -0.05) is 57.8 Å². The van der Waals surface area contributed by atoms with Gasteiger partial charge in [0, 0.05) is 26.2 Å². The van der Waals surface area contributed by atoms with Crippen LogP contribution < -0.4 is 0 Å². The highest BCUT2D eigenvalue weighted by atomic mass is 16.6. The molecule has 0 aromatic heterocycles. The van der Waals surface area contributed by atoms with E-state index in [-0.39, 0.29) is 25.0 Å². The number of rotatable bonds is 11. The third-order valence-electron chi connectivity index (χ3n) is 8.12. The predicted molar refractivity (Wildman–Crippen MR) is 130 cm³/mol. The van der Waals surface area contributed by atoms with Gasteiger partial charge in [0.2, 0.25) is 11.8 Å². The summed E-state index contributed by atoms with van der Waals surface area (Å²) in [6, 6.07) is -0.797. The fourth-order valence-electron chi connectivity index (χ4n) is 6.38. The van der Waals surface area contributed by atoms with E-state index >= 15 is 0 Å². The van der Waals surface area contributed by atoms with Gasteiger partial charge in [-0.25, -0.2) is 0 Å². The molecule has 0 aliphatic carbocycles. The Hall–Kier alpha value is -2.19. The largest absolute Gasteiger partial charge is 0.461 e. The smallest absolute Gasteiger partial charge is 0.313 e. The Morgan fingerprint density at radius 3 is 2.46 bits per heavy atom. The van der Waals surface area contributed by atoms with Gasteiger partial charge in [0.15, 0.2) is 0 Å². The van der Waals surface area contributed by atoms with Crippen LogP contribution in [0.25, 0.3) is 0 Å². The molecule has 2 saturated heterocycles. The molecule has 1 unspecified atom stereocenters. The van der Waals surface area contributed by atoms with Gasteiger partial charge in [-0.05, 0) is 31.8 Å². The number of ether oxygens (including phenoxy) is 2. The Kier molecular flexibility index (Phi) is 8.01. The molecule has 5 atom stereocenters. The second-order valence-electron chi connectivity index (χ2n) is 10.2. The lowest BCUT2D eigenvalue weighted by molar-refractivity contribution is -0.159. The Labute approximate surface area is 208 Å². The second kappa shape index (κ2) is 10.8. The summed E-state index contributed by atoms with van der Waals surface area (Å²) in [6.45, 7) is 5.92. The molecule has 0 aromatic rings. The van der Waals surface area contributed by atoms with Crippen LogP contribution >= 0.6 is 0 Å². The molecule has 4 aliphatic rings. The molecular formula is C27H40N2O6. The van der Waals surface area contributed by atoms with Crippen LogP contribution in [-0.2, 0) is 23.9 Å². The zero-order valence-corrected chi connectivity index (χ0v) is 21.1. The second-order valence-corrected chi connectivity index (χ2v) is 10.2. The molecule has 4 rings (SSSR count). The summed E-state index contributed by atoms with van der Waals surface area (Å²) in [7, 11) is 0. The number of fused-ring (bicyclic) bond motifs is 2. The van der Waals surface area contributed by atoms with E-state index in [2.05, 4.69) is 6.92 Å². The zero-order valence-electron chi connectivity index (χ0n) is 21.1. The van der Waals surface area contributed by atoms with Crippen molar-refractivity contribution in [1.82, 2.24) is 9.80 Å². The molecule has 0 aromatic carbocycles. The van der Waals surface area contributed by atoms with Gasteiger partial charge in [-0.15, -0.1) is 0 Å². The average molecular weight is 489 g/mol. The van der Waals surface area contributed by atoms with Crippen molar-refractivity contribution in [2.75, 3.05) is 32.8 Å². The van der Waals surface area contributed by atoms with E-state index in [1.165, 1.54) is 0 Å². The van der Waals surface area contributed by atoms with Crippen molar-refractivity contribution in [3.63, 3.8) is 0 Å². The summed E-state index contributed by atoms with van der Waals surface area (Å²) in [5.74, 6) is -2.31. The van der Waals surface area contributed by atoms with Crippen LogP contribution in [0.3, 0.4) is 0 Å². The van der Waals surface area contributed by atoms with E-state index < -0.39 is 35.0 Å². The van der Waals surface area contributed by atoms with Crippen LogP contribution in [0.5, 0.6) is 0 Å². The summed E-state index contributed by atoms with van der Waals surface area (Å²) in [5, 5.41) is 9.08. The highest BCUT2D eigenvalue weighted by molar-refractivity contribution is 5.99. The SMILES string of the molecule is CCCCCN1CC=C[C@]23O[C@@]4(CC)C=CCOC(=O)[C@H]4[C@H]2C(=O)N(CCCCCCO)C3C1=O. The van der Waals surface area contributed by atoms with Gasteiger partial charge < -0.3 is 24.4 Å². The Morgan fingerprint density at radius 2 is 1.71 bits per heavy atom. The minimum absolute atomic E-state index is 0.0997. The fraction of sp³-hybridized carbons (Fsp3) is 0.741. The average Bonchev–Trinajstić information content (AvgIpc) is 3.12. The Balaban J connectivity index is 1.71. The summed E-state index contributed by atoms with van der Waals surface area (Å²) >= 11 is 0. The molecule has 194 valence electrons. The molecule has 0 bridgehead atoms. The van der Waals surface area contributed by atoms with Gasteiger partial charge in [0.05, 0.1) is 5.92 Å². The van der Waals surface area contributed by atoms with E-state index in [4.69, 9.17) is 14.6 Å². The van der Waals surface area contributed by atoms with Crippen LogP contribution in [0.1, 0.15) is 65.2 Å². The molecule has 4 aliphatic heterocycles. The van der Waals surface area contributed by atoms with Crippen LogP contribution in [0.2, 0.25) is 0 Å². The van der Waals surface area contributed by atoms with Gasteiger partial charge in [0.1, 0.15) is 29.8 Å². The van der Waals surface area contributed by atoms with E-state index in [9.17, 15) is 14.4 Å². The number of unbranched alkanes of at least 4 members (excludes halogenated alkanes) is 5. The lowest BCUT2D eigenvalue weighted by Gasteiger charge is -2.38. The maximum atomic E-state index is 14.0. The van der Waals surface area contributed by atoms with E-state index in [1.807, 2.05) is 30.1 Å². The maximum absolute atomic E-state index is 14.0. The van der Waals surface area contributed by atoms with Gasteiger partial charge in [-0.2, -0.15) is 0 Å². The number of hydrogen-bond acceptors (Lipinski definition) is 6. The number of carbonyl (C=O) groups excluding carboxylic acids is 3. The number of carbonyl (C=O) groups is 3.